The minimum Gasteiger partial charge on any atom is -0.368 e. The molecular weight excluding hydrogens is 248 g/mol. The Morgan fingerprint density at radius 2 is 1.00 bits per heavy atom. The van der Waals surface area contributed by atoms with E-state index in [-0.39, 0.29) is 12.2 Å². The van der Waals surface area contributed by atoms with Gasteiger partial charge in [-0.3, -0.25) is 0 Å². The molecule has 2 atom stereocenters. The van der Waals surface area contributed by atoms with Crippen LogP contribution in [0.4, 0.5) is 0 Å². The lowest BCUT2D eigenvalue weighted by molar-refractivity contribution is -0.137. The van der Waals surface area contributed by atoms with Crippen LogP contribution < -0.4 is 0 Å². The van der Waals surface area contributed by atoms with E-state index >= 15 is 0 Å². The Morgan fingerprint density at radius 3 is 1.30 bits per heavy atom. The summed E-state index contributed by atoms with van der Waals surface area (Å²) >= 11 is 0. The Labute approximate surface area is 120 Å². The first-order valence-corrected chi connectivity index (χ1v) is 7.09. The molecular formula is C18H20O2. The van der Waals surface area contributed by atoms with Crippen molar-refractivity contribution in [3.63, 3.8) is 0 Å². The van der Waals surface area contributed by atoms with E-state index in [2.05, 4.69) is 62.4 Å². The second-order valence-electron chi connectivity index (χ2n) is 5.47. The van der Waals surface area contributed by atoms with Crippen molar-refractivity contribution in [3.8, 4) is 0 Å². The molecule has 0 amide bonds. The molecule has 0 radical (unpaired) electrons. The van der Waals surface area contributed by atoms with Gasteiger partial charge in [-0.1, -0.05) is 59.7 Å². The van der Waals surface area contributed by atoms with Gasteiger partial charge in [0, 0.05) is 0 Å². The highest BCUT2D eigenvalue weighted by Gasteiger charge is 2.24. The molecule has 2 unspecified atom stereocenters. The highest BCUT2D eigenvalue weighted by Crippen LogP contribution is 2.29. The molecule has 2 aromatic rings. The maximum absolute atomic E-state index is 5.98. The summed E-state index contributed by atoms with van der Waals surface area (Å²) in [4.78, 5) is 0. The molecule has 1 aliphatic rings. The fourth-order valence-electron chi connectivity index (χ4n) is 2.45. The second kappa shape index (κ2) is 5.78. The van der Waals surface area contributed by atoms with Crippen molar-refractivity contribution < 1.29 is 9.47 Å². The summed E-state index contributed by atoms with van der Waals surface area (Å²) < 4.78 is 12.0. The normalized spacial score (nSPS) is 22.7. The van der Waals surface area contributed by atoms with Gasteiger partial charge in [0.2, 0.25) is 0 Å². The number of aryl methyl sites for hydroxylation is 2. The molecule has 2 aromatic carbocycles. The summed E-state index contributed by atoms with van der Waals surface area (Å²) in [5.41, 5.74) is 4.92. The number of rotatable bonds is 2. The van der Waals surface area contributed by atoms with Crippen LogP contribution in [0.15, 0.2) is 48.5 Å². The van der Waals surface area contributed by atoms with Crippen LogP contribution >= 0.6 is 0 Å². The van der Waals surface area contributed by atoms with E-state index in [1.807, 2.05) is 0 Å². The van der Waals surface area contributed by atoms with E-state index in [4.69, 9.17) is 9.47 Å². The molecule has 1 aliphatic heterocycles. The van der Waals surface area contributed by atoms with Crippen LogP contribution in [0.3, 0.4) is 0 Å². The third-order valence-electron chi connectivity index (χ3n) is 3.80. The molecule has 2 heteroatoms. The molecule has 1 heterocycles. The lowest BCUT2D eigenvalue weighted by Crippen LogP contribution is -2.25. The first-order chi connectivity index (χ1) is 9.72. The Bertz CT molecular complexity index is 495. The highest BCUT2D eigenvalue weighted by molar-refractivity contribution is 5.25. The van der Waals surface area contributed by atoms with E-state index in [9.17, 15) is 0 Å². The molecule has 104 valence electrons. The second-order valence-corrected chi connectivity index (χ2v) is 5.47. The fraction of sp³-hybridized carbons (Fsp3) is 0.333. The van der Waals surface area contributed by atoms with E-state index in [1.54, 1.807) is 0 Å². The molecule has 0 saturated carbocycles. The average molecular weight is 268 g/mol. The highest BCUT2D eigenvalue weighted by atomic mass is 16.6. The van der Waals surface area contributed by atoms with Crippen LogP contribution in [0, 0.1) is 13.8 Å². The maximum Gasteiger partial charge on any atom is 0.106 e. The lowest BCUT2D eigenvalue weighted by Gasteiger charge is -2.30. The molecule has 0 bridgehead atoms. The largest absolute Gasteiger partial charge is 0.368 e. The molecule has 3 rings (SSSR count). The Morgan fingerprint density at radius 1 is 0.650 bits per heavy atom. The summed E-state index contributed by atoms with van der Waals surface area (Å²) in [5.74, 6) is 0. The molecule has 1 fully saturated rings. The summed E-state index contributed by atoms with van der Waals surface area (Å²) in [6.07, 6.45) is 0.106. The van der Waals surface area contributed by atoms with Crippen LogP contribution in [0.2, 0.25) is 0 Å². The number of ether oxygens (including phenoxy) is 2. The van der Waals surface area contributed by atoms with Crippen molar-refractivity contribution >= 4 is 0 Å². The van der Waals surface area contributed by atoms with Gasteiger partial charge in [0.25, 0.3) is 0 Å². The van der Waals surface area contributed by atoms with E-state index in [0.717, 1.165) is 0 Å². The summed E-state index contributed by atoms with van der Waals surface area (Å²) in [5, 5.41) is 0. The Hall–Kier alpha value is -1.64. The van der Waals surface area contributed by atoms with Crippen molar-refractivity contribution in [1.82, 2.24) is 0 Å². The van der Waals surface area contributed by atoms with Gasteiger partial charge >= 0.3 is 0 Å². The van der Waals surface area contributed by atoms with Gasteiger partial charge in [0.15, 0.2) is 0 Å². The number of benzene rings is 2. The third-order valence-corrected chi connectivity index (χ3v) is 3.80. The summed E-state index contributed by atoms with van der Waals surface area (Å²) in [7, 11) is 0. The van der Waals surface area contributed by atoms with Gasteiger partial charge in [0.05, 0.1) is 13.2 Å². The smallest absolute Gasteiger partial charge is 0.106 e. The zero-order valence-corrected chi connectivity index (χ0v) is 12.0. The molecule has 2 nitrogen and oxygen atoms in total. The van der Waals surface area contributed by atoms with Gasteiger partial charge in [-0.25, -0.2) is 0 Å². The van der Waals surface area contributed by atoms with Gasteiger partial charge in [-0.15, -0.1) is 0 Å². The van der Waals surface area contributed by atoms with Gasteiger partial charge < -0.3 is 9.47 Å². The van der Waals surface area contributed by atoms with Crippen LogP contribution in [0.1, 0.15) is 34.5 Å². The SMILES string of the molecule is Cc1ccc(C2COC(c3ccc(C)cc3)CO2)cc1. The Kier molecular flexibility index (Phi) is 3.86. The van der Waals surface area contributed by atoms with Crippen LogP contribution in [-0.2, 0) is 9.47 Å². The molecule has 0 aromatic heterocycles. The monoisotopic (exact) mass is 268 g/mol. The quantitative estimate of drug-likeness (QED) is 0.815. The van der Waals surface area contributed by atoms with Crippen molar-refractivity contribution in [2.24, 2.45) is 0 Å². The minimum atomic E-state index is 0.0531. The summed E-state index contributed by atoms with van der Waals surface area (Å²) in [6.45, 7) is 5.41. The van der Waals surface area contributed by atoms with Crippen molar-refractivity contribution in [3.05, 3.63) is 70.8 Å². The molecule has 0 spiro atoms. The fourth-order valence-corrected chi connectivity index (χ4v) is 2.45. The lowest BCUT2D eigenvalue weighted by atomic mass is 10.0. The maximum atomic E-state index is 5.98. The predicted molar refractivity (Wildman–Crippen MR) is 79.7 cm³/mol. The van der Waals surface area contributed by atoms with Crippen molar-refractivity contribution in [2.45, 2.75) is 26.1 Å². The Balaban J connectivity index is 1.64. The van der Waals surface area contributed by atoms with Crippen LogP contribution in [0.25, 0.3) is 0 Å². The van der Waals surface area contributed by atoms with Crippen LogP contribution in [-0.4, -0.2) is 13.2 Å². The van der Waals surface area contributed by atoms with Crippen molar-refractivity contribution in [2.75, 3.05) is 13.2 Å². The van der Waals surface area contributed by atoms with E-state index in [1.165, 1.54) is 22.3 Å². The van der Waals surface area contributed by atoms with E-state index in [0.29, 0.717) is 13.2 Å². The van der Waals surface area contributed by atoms with Crippen LogP contribution in [0.5, 0.6) is 0 Å². The minimum absolute atomic E-state index is 0.0531. The molecule has 20 heavy (non-hydrogen) atoms. The predicted octanol–water partition coefficient (Wildman–Crippen LogP) is 4.13. The standard InChI is InChI=1S/C18H20O2/c1-13-3-7-15(8-4-13)17-11-20-18(12-19-17)16-9-5-14(2)6-10-16/h3-10,17-18H,11-12H2,1-2H3. The number of hydrogen-bond acceptors (Lipinski definition) is 2. The summed E-state index contributed by atoms with van der Waals surface area (Å²) in [6, 6.07) is 16.9. The van der Waals surface area contributed by atoms with Crippen molar-refractivity contribution in [1.29, 1.82) is 0 Å². The first-order valence-electron chi connectivity index (χ1n) is 7.09. The average Bonchev–Trinajstić information content (AvgIpc) is 2.49. The van der Waals surface area contributed by atoms with Gasteiger partial charge in [-0.05, 0) is 25.0 Å². The molecule has 0 N–H and O–H groups in total. The topological polar surface area (TPSA) is 18.5 Å². The molecule has 1 saturated heterocycles. The number of hydrogen-bond donors (Lipinski definition) is 0. The molecule has 0 aliphatic carbocycles. The third kappa shape index (κ3) is 2.92. The van der Waals surface area contributed by atoms with E-state index < -0.39 is 0 Å². The zero-order valence-electron chi connectivity index (χ0n) is 12.0. The van der Waals surface area contributed by atoms with Gasteiger partial charge in [0.1, 0.15) is 12.2 Å². The zero-order chi connectivity index (χ0) is 13.9. The first kappa shape index (κ1) is 13.3. The van der Waals surface area contributed by atoms with Gasteiger partial charge in [-0.2, -0.15) is 0 Å².